The second kappa shape index (κ2) is 4.33. The predicted octanol–water partition coefficient (Wildman–Crippen LogP) is 0.668. The molecular weight excluding hydrogens is 266 g/mol. The van der Waals surface area contributed by atoms with Crippen LogP contribution in [0.2, 0.25) is 0 Å². The van der Waals surface area contributed by atoms with Gasteiger partial charge in [-0.05, 0) is 31.1 Å². The molecule has 7 heteroatoms. The second-order valence-corrected chi connectivity index (χ2v) is 7.49. The lowest BCUT2D eigenvalue weighted by Gasteiger charge is -2.21. The maximum atomic E-state index is 12.3. The molecule has 2 bridgehead atoms. The molecule has 2 saturated carbocycles. The standard InChI is InChI=1S/C12H17N3O3S/c1-15-7-10(6-13-15)12(16)14-19(17,18)11-5-8-2-3-9(11)4-8/h6-9,11H,2-5H2,1H3,(H,14,16)/t8-,9+,11?/m1/s1. The smallest absolute Gasteiger partial charge is 0.267 e. The SMILES string of the molecule is Cn1cc(C(=O)NS(=O)(=O)C2C[C@@H]3CC[C@H]2C3)cn1. The Hall–Kier alpha value is -1.37. The molecule has 6 nitrogen and oxygen atoms in total. The van der Waals surface area contributed by atoms with E-state index >= 15 is 0 Å². The van der Waals surface area contributed by atoms with E-state index < -0.39 is 21.2 Å². The first-order valence-electron chi connectivity index (χ1n) is 6.50. The van der Waals surface area contributed by atoms with Crippen molar-refractivity contribution in [2.45, 2.75) is 30.9 Å². The maximum Gasteiger partial charge on any atom is 0.267 e. The van der Waals surface area contributed by atoms with Gasteiger partial charge in [0.25, 0.3) is 5.91 Å². The molecule has 0 spiro atoms. The highest BCUT2D eigenvalue weighted by molar-refractivity contribution is 7.90. The Morgan fingerprint density at radius 2 is 2.21 bits per heavy atom. The van der Waals surface area contributed by atoms with E-state index in [1.807, 2.05) is 0 Å². The Morgan fingerprint density at radius 1 is 1.42 bits per heavy atom. The Balaban J connectivity index is 1.73. The van der Waals surface area contributed by atoms with Gasteiger partial charge in [0.1, 0.15) is 0 Å². The van der Waals surface area contributed by atoms with Crippen molar-refractivity contribution < 1.29 is 13.2 Å². The van der Waals surface area contributed by atoms with Crippen LogP contribution in [0.4, 0.5) is 0 Å². The van der Waals surface area contributed by atoms with E-state index in [0.717, 1.165) is 19.3 Å². The van der Waals surface area contributed by atoms with Gasteiger partial charge in [0.15, 0.2) is 0 Å². The molecule has 0 aliphatic heterocycles. The second-order valence-electron chi connectivity index (χ2n) is 5.59. The van der Waals surface area contributed by atoms with Gasteiger partial charge < -0.3 is 0 Å². The molecule has 0 radical (unpaired) electrons. The lowest BCUT2D eigenvalue weighted by atomic mass is 10.0. The van der Waals surface area contributed by atoms with Gasteiger partial charge in [-0.15, -0.1) is 0 Å². The molecule has 0 saturated heterocycles. The fourth-order valence-electron chi connectivity index (χ4n) is 3.37. The zero-order chi connectivity index (χ0) is 13.6. The highest BCUT2D eigenvalue weighted by Gasteiger charge is 2.46. The molecule has 104 valence electrons. The van der Waals surface area contributed by atoms with E-state index in [1.165, 1.54) is 17.1 Å². The van der Waals surface area contributed by atoms with E-state index in [9.17, 15) is 13.2 Å². The molecule has 3 atom stereocenters. The van der Waals surface area contributed by atoms with Crippen LogP contribution in [-0.2, 0) is 17.1 Å². The summed E-state index contributed by atoms with van der Waals surface area (Å²) in [6.45, 7) is 0. The molecule has 1 aromatic heterocycles. The average Bonchev–Trinajstić information content (AvgIpc) is 3.02. The van der Waals surface area contributed by atoms with Crippen LogP contribution in [0.5, 0.6) is 0 Å². The third-order valence-electron chi connectivity index (χ3n) is 4.27. The number of hydrogen-bond donors (Lipinski definition) is 1. The first-order chi connectivity index (χ1) is 8.95. The van der Waals surface area contributed by atoms with E-state index in [4.69, 9.17) is 0 Å². The molecule has 19 heavy (non-hydrogen) atoms. The number of amides is 1. The van der Waals surface area contributed by atoms with Crippen molar-refractivity contribution in [1.82, 2.24) is 14.5 Å². The molecule has 0 aromatic carbocycles. The molecule has 1 aromatic rings. The molecule has 3 rings (SSSR count). The van der Waals surface area contributed by atoms with Crippen molar-refractivity contribution >= 4 is 15.9 Å². The van der Waals surface area contributed by atoms with Gasteiger partial charge in [-0.2, -0.15) is 5.10 Å². The van der Waals surface area contributed by atoms with Crippen molar-refractivity contribution in [3.63, 3.8) is 0 Å². The van der Waals surface area contributed by atoms with Gasteiger partial charge >= 0.3 is 0 Å². The Labute approximate surface area is 112 Å². The summed E-state index contributed by atoms with van der Waals surface area (Å²) in [5.74, 6) is 0.167. The van der Waals surface area contributed by atoms with E-state index in [2.05, 4.69) is 9.82 Å². The number of rotatable bonds is 3. The number of sulfonamides is 1. The van der Waals surface area contributed by atoms with Crippen LogP contribution in [0.25, 0.3) is 0 Å². The first-order valence-corrected chi connectivity index (χ1v) is 8.05. The zero-order valence-electron chi connectivity index (χ0n) is 10.7. The van der Waals surface area contributed by atoms with Crippen molar-refractivity contribution in [3.8, 4) is 0 Å². The number of hydrogen-bond acceptors (Lipinski definition) is 4. The van der Waals surface area contributed by atoms with Gasteiger partial charge in [0.05, 0.1) is 17.0 Å². The van der Waals surface area contributed by atoms with Gasteiger partial charge in [0, 0.05) is 13.2 Å². The highest BCUT2D eigenvalue weighted by Crippen LogP contribution is 2.47. The van der Waals surface area contributed by atoms with Crippen LogP contribution < -0.4 is 4.72 Å². The van der Waals surface area contributed by atoms with Crippen molar-refractivity contribution in [2.24, 2.45) is 18.9 Å². The number of fused-ring (bicyclic) bond motifs is 2. The summed E-state index contributed by atoms with van der Waals surface area (Å²) in [4.78, 5) is 11.9. The van der Waals surface area contributed by atoms with Crippen molar-refractivity contribution in [1.29, 1.82) is 0 Å². The Kier molecular flexibility index (Phi) is 2.88. The highest BCUT2D eigenvalue weighted by atomic mass is 32.2. The first kappa shape index (κ1) is 12.7. The molecule has 2 aliphatic rings. The van der Waals surface area contributed by atoms with Crippen molar-refractivity contribution in [3.05, 3.63) is 18.0 Å². The molecule has 1 heterocycles. The summed E-state index contributed by atoms with van der Waals surface area (Å²) >= 11 is 0. The Morgan fingerprint density at radius 3 is 2.74 bits per heavy atom. The fourth-order valence-corrected chi connectivity index (χ4v) is 5.18. The lowest BCUT2D eigenvalue weighted by molar-refractivity contribution is 0.0980. The minimum Gasteiger partial charge on any atom is -0.275 e. The van der Waals surface area contributed by atoms with Gasteiger partial charge in [0.2, 0.25) is 10.0 Å². The third-order valence-corrected chi connectivity index (χ3v) is 6.12. The monoisotopic (exact) mass is 283 g/mol. The summed E-state index contributed by atoms with van der Waals surface area (Å²) in [5.41, 5.74) is 0.272. The number of carbonyl (C=O) groups excluding carboxylic acids is 1. The number of nitrogens with zero attached hydrogens (tertiary/aromatic N) is 2. The zero-order valence-corrected chi connectivity index (χ0v) is 11.6. The molecule has 1 N–H and O–H groups in total. The number of nitrogens with one attached hydrogen (secondary N) is 1. The van der Waals surface area contributed by atoms with Gasteiger partial charge in [-0.1, -0.05) is 6.42 Å². The largest absolute Gasteiger partial charge is 0.275 e. The van der Waals surface area contributed by atoms with Crippen LogP contribution in [0.15, 0.2) is 12.4 Å². The van der Waals surface area contributed by atoms with Crippen LogP contribution in [0.1, 0.15) is 36.0 Å². The number of carbonyl (C=O) groups is 1. The summed E-state index contributed by atoms with van der Waals surface area (Å²) < 4.78 is 28.2. The maximum absolute atomic E-state index is 12.3. The summed E-state index contributed by atoms with van der Waals surface area (Å²) in [7, 11) is -1.88. The lowest BCUT2D eigenvalue weighted by Crippen LogP contribution is -2.40. The van der Waals surface area contributed by atoms with Gasteiger partial charge in [-0.3, -0.25) is 9.48 Å². The fraction of sp³-hybridized carbons (Fsp3) is 0.667. The normalized spacial score (nSPS) is 29.6. The van der Waals surface area contributed by atoms with E-state index in [-0.39, 0.29) is 11.5 Å². The molecule has 2 aliphatic carbocycles. The van der Waals surface area contributed by atoms with Crippen LogP contribution in [-0.4, -0.2) is 29.4 Å². The van der Waals surface area contributed by atoms with Crippen molar-refractivity contribution in [2.75, 3.05) is 0 Å². The summed E-state index contributed by atoms with van der Waals surface area (Å²) in [5, 5.41) is 3.47. The molecule has 2 fully saturated rings. The minimum atomic E-state index is -3.57. The number of aromatic nitrogens is 2. The van der Waals surface area contributed by atoms with Crippen LogP contribution in [0.3, 0.4) is 0 Å². The molecular formula is C12H17N3O3S. The number of aryl methyl sites for hydroxylation is 1. The minimum absolute atomic E-state index is 0.226. The summed E-state index contributed by atoms with van der Waals surface area (Å²) in [6.07, 6.45) is 6.66. The van der Waals surface area contributed by atoms with Crippen LogP contribution >= 0.6 is 0 Å². The third kappa shape index (κ3) is 2.27. The molecule has 1 amide bonds. The van der Waals surface area contributed by atoms with Gasteiger partial charge in [-0.25, -0.2) is 13.1 Å². The average molecular weight is 283 g/mol. The Bertz CT molecular complexity index is 607. The molecule has 1 unspecified atom stereocenters. The van der Waals surface area contributed by atoms with Crippen LogP contribution in [0, 0.1) is 11.8 Å². The predicted molar refractivity (Wildman–Crippen MR) is 68.8 cm³/mol. The van der Waals surface area contributed by atoms with E-state index in [1.54, 1.807) is 7.05 Å². The summed E-state index contributed by atoms with van der Waals surface area (Å²) in [6, 6.07) is 0. The topological polar surface area (TPSA) is 81.1 Å². The van der Waals surface area contributed by atoms with E-state index in [0.29, 0.717) is 12.3 Å². The quantitative estimate of drug-likeness (QED) is 0.884.